The van der Waals surface area contributed by atoms with E-state index in [2.05, 4.69) is 10.4 Å². The van der Waals surface area contributed by atoms with Crippen LogP contribution in [0.3, 0.4) is 0 Å². The molecule has 0 saturated heterocycles. The number of nitrogens with zero attached hydrogens (tertiary/aromatic N) is 2. The Balaban J connectivity index is 2.02. The number of amides is 1. The molecule has 1 aromatic heterocycles. The van der Waals surface area contributed by atoms with Crippen LogP contribution in [0.15, 0.2) is 30.5 Å². The Bertz CT molecular complexity index is 630. The highest BCUT2D eigenvalue weighted by atomic mass is 16.5. The fraction of sp³-hybridized carbons (Fsp3) is 0.375. The number of anilines is 1. The fourth-order valence-corrected chi connectivity index (χ4v) is 2.13. The summed E-state index contributed by atoms with van der Waals surface area (Å²) in [6.07, 6.45) is 2.21. The molecule has 1 atom stereocenters. The van der Waals surface area contributed by atoms with Crippen LogP contribution < -0.4 is 14.8 Å². The van der Waals surface area contributed by atoms with Crippen molar-refractivity contribution in [2.45, 2.75) is 26.3 Å². The summed E-state index contributed by atoms with van der Waals surface area (Å²) in [5, 5.41) is 7.18. The molecule has 0 radical (unpaired) electrons. The highest BCUT2D eigenvalue weighted by Crippen LogP contribution is 2.26. The van der Waals surface area contributed by atoms with Crippen molar-refractivity contribution in [1.29, 1.82) is 0 Å². The van der Waals surface area contributed by atoms with Gasteiger partial charge in [0.1, 0.15) is 11.5 Å². The molecule has 0 aliphatic carbocycles. The van der Waals surface area contributed by atoms with Crippen LogP contribution in [0.25, 0.3) is 0 Å². The number of ether oxygens (including phenoxy) is 2. The lowest BCUT2D eigenvalue weighted by molar-refractivity contribution is -0.116. The van der Waals surface area contributed by atoms with Gasteiger partial charge in [-0.3, -0.25) is 9.48 Å². The summed E-state index contributed by atoms with van der Waals surface area (Å²) in [5.74, 6) is 1.17. The van der Waals surface area contributed by atoms with Crippen LogP contribution in [0.4, 0.5) is 5.69 Å². The standard InChI is InChI=1S/C16H21N3O3/c1-11-5-6-19(18-11)12(2)7-16(20)17-13-8-14(21-3)10-15(9-13)22-4/h5-6,8-10,12H,7H2,1-4H3,(H,17,20)/t12-/m0/s1. The molecule has 118 valence electrons. The number of nitrogens with one attached hydrogen (secondary N) is 1. The number of carbonyl (C=O) groups is 1. The van der Waals surface area contributed by atoms with E-state index in [0.29, 0.717) is 23.6 Å². The van der Waals surface area contributed by atoms with Crippen molar-refractivity contribution in [2.75, 3.05) is 19.5 Å². The van der Waals surface area contributed by atoms with Crippen molar-refractivity contribution < 1.29 is 14.3 Å². The van der Waals surface area contributed by atoms with Crippen molar-refractivity contribution in [3.05, 3.63) is 36.2 Å². The smallest absolute Gasteiger partial charge is 0.226 e. The summed E-state index contributed by atoms with van der Waals surface area (Å²) in [5.41, 5.74) is 1.58. The zero-order valence-corrected chi connectivity index (χ0v) is 13.3. The molecule has 1 amide bonds. The molecule has 1 heterocycles. The molecular formula is C16H21N3O3. The number of rotatable bonds is 6. The number of aromatic nitrogens is 2. The maximum atomic E-state index is 12.2. The normalized spacial score (nSPS) is 11.8. The van der Waals surface area contributed by atoms with Crippen molar-refractivity contribution >= 4 is 11.6 Å². The Morgan fingerprint density at radius 2 is 1.91 bits per heavy atom. The van der Waals surface area contributed by atoms with E-state index in [0.717, 1.165) is 5.69 Å². The van der Waals surface area contributed by atoms with E-state index in [1.807, 2.05) is 26.1 Å². The molecule has 0 aliphatic heterocycles. The Morgan fingerprint density at radius 1 is 1.27 bits per heavy atom. The lowest BCUT2D eigenvalue weighted by Gasteiger charge is -2.13. The van der Waals surface area contributed by atoms with Gasteiger partial charge in [0, 0.05) is 36.5 Å². The van der Waals surface area contributed by atoms with Gasteiger partial charge in [-0.25, -0.2) is 0 Å². The molecule has 0 fully saturated rings. The summed E-state index contributed by atoms with van der Waals surface area (Å²) < 4.78 is 12.2. The molecule has 22 heavy (non-hydrogen) atoms. The van der Waals surface area contributed by atoms with Crippen molar-refractivity contribution in [2.24, 2.45) is 0 Å². The molecular weight excluding hydrogens is 282 g/mol. The van der Waals surface area contributed by atoms with Crippen LogP contribution in [0.5, 0.6) is 11.5 Å². The lowest BCUT2D eigenvalue weighted by Crippen LogP contribution is -2.18. The third kappa shape index (κ3) is 4.00. The monoisotopic (exact) mass is 303 g/mol. The van der Waals surface area contributed by atoms with E-state index in [1.165, 1.54) is 0 Å². The average molecular weight is 303 g/mol. The van der Waals surface area contributed by atoms with E-state index in [1.54, 1.807) is 37.1 Å². The first kappa shape index (κ1) is 15.9. The number of aryl methyl sites for hydroxylation is 1. The minimum atomic E-state index is -0.0871. The van der Waals surface area contributed by atoms with Crippen LogP contribution >= 0.6 is 0 Å². The molecule has 1 N–H and O–H groups in total. The number of carbonyl (C=O) groups excluding carboxylic acids is 1. The molecule has 2 aromatic rings. The summed E-state index contributed by atoms with van der Waals surface area (Å²) in [6.45, 7) is 3.88. The predicted molar refractivity (Wildman–Crippen MR) is 84.5 cm³/mol. The van der Waals surface area contributed by atoms with Crippen LogP contribution in [0.1, 0.15) is 25.1 Å². The molecule has 0 bridgehead atoms. The maximum Gasteiger partial charge on any atom is 0.226 e. The minimum Gasteiger partial charge on any atom is -0.497 e. The van der Waals surface area contributed by atoms with Crippen LogP contribution in [0, 0.1) is 6.92 Å². The molecule has 2 rings (SSSR count). The van der Waals surface area contributed by atoms with E-state index in [-0.39, 0.29) is 11.9 Å². The van der Waals surface area contributed by atoms with Crippen molar-refractivity contribution in [1.82, 2.24) is 9.78 Å². The molecule has 0 saturated carbocycles. The number of hydrogen-bond donors (Lipinski definition) is 1. The highest BCUT2D eigenvalue weighted by molar-refractivity contribution is 5.91. The van der Waals surface area contributed by atoms with Gasteiger partial charge in [-0.2, -0.15) is 5.10 Å². The van der Waals surface area contributed by atoms with Gasteiger partial charge >= 0.3 is 0 Å². The predicted octanol–water partition coefficient (Wildman–Crippen LogP) is 2.80. The van der Waals surface area contributed by atoms with Crippen molar-refractivity contribution in [3.8, 4) is 11.5 Å². The van der Waals surface area contributed by atoms with Crippen molar-refractivity contribution in [3.63, 3.8) is 0 Å². The third-order valence-electron chi connectivity index (χ3n) is 3.31. The third-order valence-corrected chi connectivity index (χ3v) is 3.31. The number of benzene rings is 1. The van der Waals surface area contributed by atoms with E-state index in [4.69, 9.17) is 9.47 Å². The van der Waals surface area contributed by atoms with Gasteiger partial charge in [-0.15, -0.1) is 0 Å². The molecule has 0 spiro atoms. The second-order valence-corrected chi connectivity index (χ2v) is 5.14. The highest BCUT2D eigenvalue weighted by Gasteiger charge is 2.12. The van der Waals surface area contributed by atoms with Crippen LogP contribution in [-0.2, 0) is 4.79 Å². The first-order chi connectivity index (χ1) is 10.5. The first-order valence-electron chi connectivity index (χ1n) is 7.06. The number of hydrogen-bond acceptors (Lipinski definition) is 4. The summed E-state index contributed by atoms with van der Waals surface area (Å²) in [7, 11) is 3.14. The van der Waals surface area contributed by atoms with Gasteiger partial charge in [-0.1, -0.05) is 0 Å². The van der Waals surface area contributed by atoms with Crippen LogP contribution in [-0.4, -0.2) is 29.9 Å². The maximum absolute atomic E-state index is 12.2. The topological polar surface area (TPSA) is 65.4 Å². The molecule has 6 nitrogen and oxygen atoms in total. The summed E-state index contributed by atoms with van der Waals surface area (Å²) in [6, 6.07) is 7.17. The van der Waals surface area contributed by atoms with Gasteiger partial charge in [0.2, 0.25) is 5.91 Å². The van der Waals surface area contributed by atoms with E-state index >= 15 is 0 Å². The zero-order chi connectivity index (χ0) is 16.1. The Labute approximate surface area is 130 Å². The Kier molecular flexibility index (Phi) is 5.04. The first-order valence-corrected chi connectivity index (χ1v) is 7.06. The summed E-state index contributed by atoms with van der Waals surface area (Å²) in [4.78, 5) is 12.2. The number of methoxy groups -OCH3 is 2. The minimum absolute atomic E-state index is 0.0128. The zero-order valence-electron chi connectivity index (χ0n) is 13.3. The van der Waals surface area contributed by atoms with Gasteiger partial charge in [-0.05, 0) is 19.9 Å². The molecule has 1 aromatic carbocycles. The van der Waals surface area contributed by atoms with E-state index < -0.39 is 0 Å². The lowest BCUT2D eigenvalue weighted by atomic mass is 10.2. The molecule has 6 heteroatoms. The Hall–Kier alpha value is -2.50. The SMILES string of the molecule is COc1cc(NC(=O)C[C@H](C)n2ccc(C)n2)cc(OC)c1. The average Bonchev–Trinajstić information content (AvgIpc) is 2.93. The quantitative estimate of drug-likeness (QED) is 0.891. The van der Waals surface area contributed by atoms with Gasteiger partial charge < -0.3 is 14.8 Å². The Morgan fingerprint density at radius 3 is 2.41 bits per heavy atom. The second-order valence-electron chi connectivity index (χ2n) is 5.14. The second kappa shape index (κ2) is 6.98. The van der Waals surface area contributed by atoms with Gasteiger partial charge in [0.15, 0.2) is 0 Å². The molecule has 0 unspecified atom stereocenters. The van der Waals surface area contributed by atoms with Crippen LogP contribution in [0.2, 0.25) is 0 Å². The largest absolute Gasteiger partial charge is 0.497 e. The van der Waals surface area contributed by atoms with Gasteiger partial charge in [0.05, 0.1) is 26.0 Å². The summed E-state index contributed by atoms with van der Waals surface area (Å²) >= 11 is 0. The van der Waals surface area contributed by atoms with E-state index in [9.17, 15) is 4.79 Å². The molecule has 0 aliphatic rings. The van der Waals surface area contributed by atoms with Gasteiger partial charge in [0.25, 0.3) is 0 Å². The fourth-order valence-electron chi connectivity index (χ4n) is 2.13.